The number of pyridine rings is 1. The van der Waals surface area contributed by atoms with Crippen molar-refractivity contribution in [3.63, 3.8) is 0 Å². The zero-order valence-corrected chi connectivity index (χ0v) is 16.1. The van der Waals surface area contributed by atoms with Crippen LogP contribution in [0, 0.1) is 6.92 Å². The maximum Gasteiger partial charge on any atom is 0.344 e. The molecule has 0 amide bonds. The van der Waals surface area contributed by atoms with Gasteiger partial charge in [0.1, 0.15) is 29.9 Å². The molecule has 1 aliphatic rings. The average molecular weight is 414 g/mol. The molecular weight excluding hydrogens is 392 g/mol. The van der Waals surface area contributed by atoms with E-state index in [1.54, 1.807) is 42.7 Å². The van der Waals surface area contributed by atoms with Crippen molar-refractivity contribution < 1.29 is 29.6 Å². The molecule has 3 aromatic rings. The van der Waals surface area contributed by atoms with Gasteiger partial charge in [0.15, 0.2) is 6.29 Å². The van der Waals surface area contributed by atoms with Gasteiger partial charge in [0.05, 0.1) is 12.2 Å². The van der Waals surface area contributed by atoms with Crippen molar-refractivity contribution >= 4 is 16.7 Å². The smallest absolute Gasteiger partial charge is 0.344 e. The van der Waals surface area contributed by atoms with Gasteiger partial charge in [-0.1, -0.05) is 0 Å². The monoisotopic (exact) mass is 414 g/mol. The number of ether oxygens (including phenoxy) is 1. The van der Waals surface area contributed by atoms with Crippen LogP contribution in [0.1, 0.15) is 5.56 Å². The van der Waals surface area contributed by atoms with Gasteiger partial charge in [0.25, 0.3) is 0 Å². The fraction of sp³-hybridized carbons (Fsp3) is 0.333. The molecule has 0 bridgehead atoms. The molecule has 3 heterocycles. The van der Waals surface area contributed by atoms with E-state index in [0.29, 0.717) is 22.4 Å². The number of hydrogen-bond acceptors (Lipinski definition) is 9. The van der Waals surface area contributed by atoms with Crippen LogP contribution in [0.15, 0.2) is 51.9 Å². The van der Waals surface area contributed by atoms with E-state index in [4.69, 9.17) is 9.15 Å². The van der Waals surface area contributed by atoms with Crippen LogP contribution in [-0.2, 0) is 4.74 Å². The van der Waals surface area contributed by atoms with Crippen LogP contribution in [0.5, 0.6) is 0 Å². The van der Waals surface area contributed by atoms with Gasteiger partial charge >= 0.3 is 5.63 Å². The Morgan fingerprint density at radius 3 is 2.53 bits per heavy atom. The van der Waals surface area contributed by atoms with E-state index >= 15 is 0 Å². The second-order valence-electron chi connectivity index (χ2n) is 7.24. The Hall–Kier alpha value is -2.82. The number of hydrogen-bond donors (Lipinski definition) is 5. The number of aliphatic hydroxyl groups is 4. The molecule has 0 spiro atoms. The Balaban J connectivity index is 1.67. The van der Waals surface area contributed by atoms with Crippen molar-refractivity contribution in [1.82, 2.24) is 4.98 Å². The molecule has 1 aromatic carbocycles. The third kappa shape index (κ3) is 3.57. The van der Waals surface area contributed by atoms with Crippen LogP contribution >= 0.6 is 0 Å². The van der Waals surface area contributed by atoms with Crippen LogP contribution in [0.2, 0.25) is 0 Å². The summed E-state index contributed by atoms with van der Waals surface area (Å²) in [6.07, 6.45) is -2.10. The van der Waals surface area contributed by atoms with E-state index in [1.807, 2.05) is 6.92 Å². The zero-order valence-electron chi connectivity index (χ0n) is 16.1. The molecule has 5 atom stereocenters. The summed E-state index contributed by atoms with van der Waals surface area (Å²) >= 11 is 0. The summed E-state index contributed by atoms with van der Waals surface area (Å²) in [5, 5.41) is 43.3. The maximum atomic E-state index is 12.6. The van der Waals surface area contributed by atoms with Crippen LogP contribution in [-0.4, -0.2) is 62.7 Å². The third-order valence-corrected chi connectivity index (χ3v) is 5.37. The highest BCUT2D eigenvalue weighted by atomic mass is 16.6. The summed E-state index contributed by atoms with van der Waals surface area (Å²) in [7, 11) is 0. The van der Waals surface area contributed by atoms with Crippen LogP contribution in [0.3, 0.4) is 0 Å². The SMILES string of the molecule is Cc1c(-c2ccncc2)c(=O)oc2cc(NC3C(O)OC(CO)[C@H](O)[C@H]3O)ccc12. The highest BCUT2D eigenvalue weighted by Crippen LogP contribution is 2.29. The summed E-state index contributed by atoms with van der Waals surface area (Å²) in [6, 6.07) is 7.45. The van der Waals surface area contributed by atoms with Crippen molar-refractivity contribution in [3.8, 4) is 11.1 Å². The summed E-state index contributed by atoms with van der Waals surface area (Å²) in [6.45, 7) is 1.29. The Kier molecular flexibility index (Phi) is 5.54. The maximum absolute atomic E-state index is 12.6. The molecule has 158 valence electrons. The zero-order chi connectivity index (χ0) is 21.4. The summed E-state index contributed by atoms with van der Waals surface area (Å²) in [4.78, 5) is 16.6. The molecule has 1 fully saturated rings. The van der Waals surface area contributed by atoms with Gasteiger partial charge in [-0.05, 0) is 42.3 Å². The molecule has 9 nitrogen and oxygen atoms in total. The molecule has 4 rings (SSSR count). The fourth-order valence-corrected chi connectivity index (χ4v) is 3.74. The fourth-order valence-electron chi connectivity index (χ4n) is 3.74. The highest BCUT2D eigenvalue weighted by molar-refractivity contribution is 5.88. The molecule has 0 radical (unpaired) electrons. The van der Waals surface area contributed by atoms with Crippen molar-refractivity contribution in [1.29, 1.82) is 0 Å². The normalized spacial score (nSPS) is 26.6. The first-order chi connectivity index (χ1) is 14.4. The summed E-state index contributed by atoms with van der Waals surface area (Å²) in [5.41, 5.74) is 2.19. The molecule has 1 aliphatic heterocycles. The van der Waals surface area contributed by atoms with E-state index in [-0.39, 0.29) is 0 Å². The van der Waals surface area contributed by atoms with Crippen molar-refractivity contribution in [2.45, 2.75) is 37.6 Å². The van der Waals surface area contributed by atoms with Gasteiger partial charge in [-0.25, -0.2) is 4.79 Å². The van der Waals surface area contributed by atoms with Crippen LogP contribution in [0.25, 0.3) is 22.1 Å². The van der Waals surface area contributed by atoms with Crippen molar-refractivity contribution in [3.05, 3.63) is 58.7 Å². The first kappa shape index (κ1) is 20.5. The molecule has 2 aromatic heterocycles. The van der Waals surface area contributed by atoms with Gasteiger partial charge in [-0.15, -0.1) is 0 Å². The van der Waals surface area contributed by atoms with Gasteiger partial charge in [0, 0.05) is 29.5 Å². The number of aliphatic hydroxyl groups excluding tert-OH is 4. The lowest BCUT2D eigenvalue weighted by atomic mass is 9.96. The number of rotatable bonds is 4. The van der Waals surface area contributed by atoms with Crippen molar-refractivity contribution in [2.75, 3.05) is 11.9 Å². The topological polar surface area (TPSA) is 145 Å². The molecule has 0 aliphatic carbocycles. The molecule has 0 saturated carbocycles. The molecule has 5 N–H and O–H groups in total. The van der Waals surface area contributed by atoms with Gasteiger partial charge in [0.2, 0.25) is 0 Å². The number of fused-ring (bicyclic) bond motifs is 1. The van der Waals surface area contributed by atoms with Crippen molar-refractivity contribution in [2.24, 2.45) is 0 Å². The number of aromatic nitrogens is 1. The molecule has 30 heavy (non-hydrogen) atoms. The van der Waals surface area contributed by atoms with E-state index in [0.717, 1.165) is 10.9 Å². The van der Waals surface area contributed by atoms with Crippen LogP contribution in [0.4, 0.5) is 5.69 Å². The van der Waals surface area contributed by atoms with Gasteiger partial charge in [-0.2, -0.15) is 0 Å². The van der Waals surface area contributed by atoms with Crippen LogP contribution < -0.4 is 10.9 Å². The van der Waals surface area contributed by atoms with E-state index in [1.165, 1.54) is 0 Å². The Bertz CT molecular complexity index is 1100. The van der Waals surface area contributed by atoms with Gasteiger partial charge < -0.3 is 34.9 Å². The highest BCUT2D eigenvalue weighted by Gasteiger charge is 2.43. The molecule has 3 unspecified atom stereocenters. The lowest BCUT2D eigenvalue weighted by Crippen LogP contribution is -2.61. The molecule has 9 heteroatoms. The Morgan fingerprint density at radius 1 is 1.10 bits per heavy atom. The Morgan fingerprint density at radius 2 is 1.83 bits per heavy atom. The molecular formula is C21H22N2O7. The van der Waals surface area contributed by atoms with E-state index < -0.39 is 42.9 Å². The quantitative estimate of drug-likeness (QED) is 0.382. The second-order valence-corrected chi connectivity index (χ2v) is 7.24. The number of aryl methyl sites for hydroxylation is 1. The number of anilines is 1. The molecule has 1 saturated heterocycles. The number of benzene rings is 1. The number of nitrogens with zero attached hydrogens (tertiary/aromatic N) is 1. The third-order valence-electron chi connectivity index (χ3n) is 5.37. The first-order valence-electron chi connectivity index (χ1n) is 9.45. The average Bonchev–Trinajstić information content (AvgIpc) is 2.74. The van der Waals surface area contributed by atoms with Gasteiger partial charge in [-0.3, -0.25) is 4.98 Å². The lowest BCUT2D eigenvalue weighted by Gasteiger charge is -2.40. The summed E-state index contributed by atoms with van der Waals surface area (Å²) in [5.74, 6) is 0. The minimum Gasteiger partial charge on any atom is -0.422 e. The Labute approximate surface area is 171 Å². The standard InChI is InChI=1S/C21H22N2O7/c1-10-13-3-2-12(23-17-19(26)18(25)15(9-24)30-21(17)28)8-14(13)29-20(27)16(10)11-4-6-22-7-5-11/h2-8,15,17-19,21,23-26,28H,9H2,1H3/t15?,17?,18-,19-,21?/m0/s1. The predicted molar refractivity (Wildman–Crippen MR) is 108 cm³/mol. The predicted octanol–water partition coefficient (Wildman–Crippen LogP) is 0.375. The van der Waals surface area contributed by atoms with E-state index in [2.05, 4.69) is 10.3 Å². The summed E-state index contributed by atoms with van der Waals surface area (Å²) < 4.78 is 10.7. The minimum absolute atomic E-state index is 0.329. The minimum atomic E-state index is -1.46. The van der Waals surface area contributed by atoms with E-state index in [9.17, 15) is 25.2 Å². The number of nitrogens with one attached hydrogen (secondary N) is 1. The largest absolute Gasteiger partial charge is 0.422 e. The lowest BCUT2D eigenvalue weighted by molar-refractivity contribution is -0.245. The first-order valence-corrected chi connectivity index (χ1v) is 9.45. The second kappa shape index (κ2) is 8.13.